The van der Waals surface area contributed by atoms with Crippen LogP contribution in [0, 0.1) is 6.92 Å². The Morgan fingerprint density at radius 1 is 1.35 bits per heavy atom. The quantitative estimate of drug-likeness (QED) is 0.902. The first-order valence-corrected chi connectivity index (χ1v) is 6.05. The second kappa shape index (κ2) is 5.56. The number of nitrogens with one attached hydrogen (secondary N) is 1. The first-order valence-electron chi connectivity index (χ1n) is 6.05. The highest BCUT2D eigenvalue weighted by Crippen LogP contribution is 2.15. The lowest BCUT2D eigenvalue weighted by atomic mass is 10.2. The lowest BCUT2D eigenvalue weighted by molar-refractivity contribution is 0.0953. The Bertz CT molecular complexity index is 707. The molecule has 0 aliphatic carbocycles. The van der Waals surface area contributed by atoms with Crippen molar-refractivity contribution in [3.8, 4) is 11.4 Å². The fraction of sp³-hybridized carbons (Fsp3) is 0.214. The van der Waals surface area contributed by atoms with Crippen molar-refractivity contribution in [2.45, 2.75) is 6.92 Å². The van der Waals surface area contributed by atoms with E-state index in [-0.39, 0.29) is 17.0 Å². The highest BCUT2D eigenvalue weighted by molar-refractivity contribution is 5.94. The SMILES string of the molecule is CNC(=O)c1nn(-c2ccccc2C)c(=O)cc1OC. The van der Waals surface area contributed by atoms with Gasteiger partial charge in [-0.2, -0.15) is 9.78 Å². The van der Waals surface area contributed by atoms with Crippen LogP contribution < -0.4 is 15.6 Å². The van der Waals surface area contributed by atoms with Crippen LogP contribution in [0.25, 0.3) is 5.69 Å². The van der Waals surface area contributed by atoms with Gasteiger partial charge in [-0.3, -0.25) is 9.59 Å². The topological polar surface area (TPSA) is 73.2 Å². The third-order valence-electron chi connectivity index (χ3n) is 2.90. The monoisotopic (exact) mass is 273 g/mol. The summed E-state index contributed by atoms with van der Waals surface area (Å²) in [5.74, 6) is -0.261. The van der Waals surface area contributed by atoms with Gasteiger partial charge in [-0.1, -0.05) is 18.2 Å². The molecule has 1 aromatic carbocycles. The van der Waals surface area contributed by atoms with Gasteiger partial charge in [0.2, 0.25) is 0 Å². The standard InChI is InChI=1S/C14H15N3O3/c1-9-6-4-5-7-10(9)17-12(18)8-11(20-3)13(16-17)14(19)15-2/h4-8H,1-3H3,(H,15,19). The van der Waals surface area contributed by atoms with Gasteiger partial charge in [-0.15, -0.1) is 0 Å². The maximum atomic E-state index is 12.1. The van der Waals surface area contributed by atoms with Crippen molar-refractivity contribution in [1.82, 2.24) is 15.1 Å². The molecule has 0 spiro atoms. The van der Waals surface area contributed by atoms with Crippen LogP contribution in [0.15, 0.2) is 35.1 Å². The normalized spacial score (nSPS) is 10.2. The zero-order valence-electron chi connectivity index (χ0n) is 11.5. The second-order valence-corrected chi connectivity index (χ2v) is 4.18. The molecule has 0 unspecified atom stereocenters. The molecule has 0 bridgehead atoms. The summed E-state index contributed by atoms with van der Waals surface area (Å²) in [6, 6.07) is 8.56. The minimum atomic E-state index is -0.413. The number of benzene rings is 1. The summed E-state index contributed by atoms with van der Waals surface area (Å²) in [6.45, 7) is 1.87. The fourth-order valence-corrected chi connectivity index (χ4v) is 1.85. The van der Waals surface area contributed by atoms with Crippen LogP contribution in [0.1, 0.15) is 16.1 Å². The van der Waals surface area contributed by atoms with Crippen molar-refractivity contribution in [2.75, 3.05) is 14.2 Å². The molecular formula is C14H15N3O3. The summed E-state index contributed by atoms with van der Waals surface area (Å²) < 4.78 is 6.23. The smallest absolute Gasteiger partial charge is 0.275 e. The van der Waals surface area contributed by atoms with E-state index >= 15 is 0 Å². The summed E-state index contributed by atoms with van der Waals surface area (Å²) in [4.78, 5) is 23.9. The van der Waals surface area contributed by atoms with Gasteiger partial charge in [0.15, 0.2) is 11.4 Å². The van der Waals surface area contributed by atoms with Gasteiger partial charge in [0.1, 0.15) is 0 Å². The summed E-state index contributed by atoms with van der Waals surface area (Å²) in [5.41, 5.74) is 1.22. The zero-order valence-corrected chi connectivity index (χ0v) is 11.5. The molecule has 1 N–H and O–H groups in total. The molecule has 104 valence electrons. The van der Waals surface area contributed by atoms with E-state index < -0.39 is 5.91 Å². The Labute approximate surface area is 116 Å². The Morgan fingerprint density at radius 2 is 2.05 bits per heavy atom. The third-order valence-corrected chi connectivity index (χ3v) is 2.90. The summed E-state index contributed by atoms with van der Waals surface area (Å²) in [7, 11) is 2.88. The predicted molar refractivity (Wildman–Crippen MR) is 74.5 cm³/mol. The molecule has 2 rings (SSSR count). The molecule has 0 saturated heterocycles. The van der Waals surface area contributed by atoms with Crippen LogP contribution in [-0.4, -0.2) is 29.8 Å². The van der Waals surface area contributed by atoms with E-state index in [0.717, 1.165) is 5.56 Å². The van der Waals surface area contributed by atoms with E-state index in [4.69, 9.17) is 4.74 Å². The Hall–Kier alpha value is -2.63. The van der Waals surface area contributed by atoms with Gasteiger partial charge >= 0.3 is 0 Å². The van der Waals surface area contributed by atoms with Gasteiger partial charge in [0.25, 0.3) is 11.5 Å². The Kier molecular flexibility index (Phi) is 3.84. The number of hydrogen-bond donors (Lipinski definition) is 1. The number of aryl methyl sites for hydroxylation is 1. The number of methoxy groups -OCH3 is 1. The van der Waals surface area contributed by atoms with Gasteiger partial charge in [0, 0.05) is 7.05 Å². The maximum Gasteiger partial charge on any atom is 0.275 e. The van der Waals surface area contributed by atoms with Gasteiger partial charge in [-0.25, -0.2) is 0 Å². The number of hydrogen-bond acceptors (Lipinski definition) is 4. The van der Waals surface area contributed by atoms with Crippen LogP contribution in [-0.2, 0) is 0 Å². The number of amides is 1. The Morgan fingerprint density at radius 3 is 2.65 bits per heavy atom. The number of aromatic nitrogens is 2. The summed E-state index contributed by atoms with van der Waals surface area (Å²) in [5, 5.41) is 6.58. The lowest BCUT2D eigenvalue weighted by Crippen LogP contribution is -2.28. The number of ether oxygens (including phenoxy) is 1. The van der Waals surface area contributed by atoms with E-state index in [1.165, 1.54) is 24.9 Å². The first kappa shape index (κ1) is 13.8. The molecule has 0 fully saturated rings. The third kappa shape index (κ3) is 2.40. The van der Waals surface area contributed by atoms with E-state index in [1.807, 2.05) is 19.1 Å². The zero-order chi connectivity index (χ0) is 14.7. The molecule has 1 aromatic heterocycles. The van der Waals surface area contributed by atoms with E-state index in [1.54, 1.807) is 12.1 Å². The fourth-order valence-electron chi connectivity index (χ4n) is 1.85. The molecule has 0 radical (unpaired) electrons. The molecule has 1 heterocycles. The van der Waals surface area contributed by atoms with Gasteiger partial charge in [-0.05, 0) is 18.6 Å². The van der Waals surface area contributed by atoms with Gasteiger partial charge in [0.05, 0.1) is 18.9 Å². The minimum absolute atomic E-state index is 0.0675. The Balaban J connectivity index is 2.70. The largest absolute Gasteiger partial charge is 0.494 e. The molecule has 6 nitrogen and oxygen atoms in total. The van der Waals surface area contributed by atoms with Crippen molar-refractivity contribution >= 4 is 5.91 Å². The van der Waals surface area contributed by atoms with Crippen LogP contribution in [0.5, 0.6) is 5.75 Å². The number of carbonyl (C=O) groups excluding carboxylic acids is 1. The van der Waals surface area contributed by atoms with Crippen LogP contribution >= 0.6 is 0 Å². The highest BCUT2D eigenvalue weighted by atomic mass is 16.5. The molecule has 2 aromatic rings. The van der Waals surface area contributed by atoms with Crippen molar-refractivity contribution < 1.29 is 9.53 Å². The average molecular weight is 273 g/mol. The first-order chi connectivity index (χ1) is 9.58. The van der Waals surface area contributed by atoms with Gasteiger partial charge < -0.3 is 10.1 Å². The molecule has 0 saturated carbocycles. The van der Waals surface area contributed by atoms with Crippen molar-refractivity contribution in [1.29, 1.82) is 0 Å². The minimum Gasteiger partial charge on any atom is -0.494 e. The number of carbonyl (C=O) groups is 1. The van der Waals surface area contributed by atoms with Crippen molar-refractivity contribution in [3.63, 3.8) is 0 Å². The number of para-hydroxylation sites is 1. The summed E-state index contributed by atoms with van der Waals surface area (Å²) >= 11 is 0. The average Bonchev–Trinajstić information content (AvgIpc) is 2.47. The number of nitrogens with zero attached hydrogens (tertiary/aromatic N) is 2. The molecule has 6 heteroatoms. The van der Waals surface area contributed by atoms with E-state index in [0.29, 0.717) is 5.69 Å². The van der Waals surface area contributed by atoms with Crippen LogP contribution in [0.3, 0.4) is 0 Å². The summed E-state index contributed by atoms with van der Waals surface area (Å²) in [6.07, 6.45) is 0. The number of rotatable bonds is 3. The maximum absolute atomic E-state index is 12.1. The highest BCUT2D eigenvalue weighted by Gasteiger charge is 2.17. The van der Waals surface area contributed by atoms with Crippen molar-refractivity contribution in [3.05, 3.63) is 51.9 Å². The molecule has 0 atom stereocenters. The molecule has 0 aliphatic rings. The van der Waals surface area contributed by atoms with E-state index in [2.05, 4.69) is 10.4 Å². The molecular weight excluding hydrogens is 258 g/mol. The van der Waals surface area contributed by atoms with Crippen LogP contribution in [0.2, 0.25) is 0 Å². The second-order valence-electron chi connectivity index (χ2n) is 4.18. The van der Waals surface area contributed by atoms with E-state index in [9.17, 15) is 9.59 Å². The molecule has 1 amide bonds. The van der Waals surface area contributed by atoms with Crippen LogP contribution in [0.4, 0.5) is 0 Å². The molecule has 20 heavy (non-hydrogen) atoms. The molecule has 0 aliphatic heterocycles. The van der Waals surface area contributed by atoms with Crippen molar-refractivity contribution in [2.24, 2.45) is 0 Å². The lowest BCUT2D eigenvalue weighted by Gasteiger charge is -2.11. The predicted octanol–water partition coefficient (Wildman–Crippen LogP) is 0.909.